The molecule has 0 atom stereocenters. The summed E-state index contributed by atoms with van der Waals surface area (Å²) in [6.07, 6.45) is 3.93. The lowest BCUT2D eigenvalue weighted by Gasteiger charge is -2.36. The van der Waals surface area contributed by atoms with Gasteiger partial charge in [-0.2, -0.15) is 0 Å². The van der Waals surface area contributed by atoms with E-state index in [1.807, 2.05) is 7.05 Å². The zero-order valence-electron chi connectivity index (χ0n) is 9.95. The Hall–Kier alpha value is -0.610. The summed E-state index contributed by atoms with van der Waals surface area (Å²) in [7, 11) is 2.04. The number of carboxylic acids is 1. The Bertz CT molecular complexity index is 257. The van der Waals surface area contributed by atoms with Crippen molar-refractivity contribution < 1.29 is 14.6 Å². The molecule has 2 aliphatic rings. The fourth-order valence-corrected chi connectivity index (χ4v) is 2.52. The first-order chi connectivity index (χ1) is 7.62. The van der Waals surface area contributed by atoms with Crippen LogP contribution in [0.3, 0.4) is 0 Å². The average molecular weight is 227 g/mol. The quantitative estimate of drug-likeness (QED) is 0.767. The van der Waals surface area contributed by atoms with E-state index in [9.17, 15) is 9.90 Å². The van der Waals surface area contributed by atoms with Crippen molar-refractivity contribution in [3.8, 4) is 0 Å². The van der Waals surface area contributed by atoms with Crippen molar-refractivity contribution in [3.05, 3.63) is 0 Å². The Morgan fingerprint density at radius 2 is 2.06 bits per heavy atom. The van der Waals surface area contributed by atoms with Crippen molar-refractivity contribution in [1.82, 2.24) is 4.90 Å². The molecular formula is C12H21NO3. The standard InChI is InChI=1S/C12H21NO3/c1-13(8-10-2-3-10)9-12(11(14)15)4-6-16-7-5-12/h10H,2-9H2,1H3,(H,14,15). The largest absolute Gasteiger partial charge is 0.481 e. The van der Waals surface area contributed by atoms with E-state index in [2.05, 4.69) is 4.90 Å². The first-order valence-corrected chi connectivity index (χ1v) is 6.12. The van der Waals surface area contributed by atoms with E-state index in [1.165, 1.54) is 12.8 Å². The summed E-state index contributed by atoms with van der Waals surface area (Å²) in [4.78, 5) is 13.6. The van der Waals surface area contributed by atoms with Crippen molar-refractivity contribution in [2.24, 2.45) is 11.3 Å². The Morgan fingerprint density at radius 3 is 2.56 bits per heavy atom. The number of rotatable bonds is 5. The Labute approximate surface area is 96.6 Å². The number of hydrogen-bond acceptors (Lipinski definition) is 3. The Morgan fingerprint density at radius 1 is 1.44 bits per heavy atom. The summed E-state index contributed by atoms with van der Waals surface area (Å²) in [5, 5.41) is 9.41. The molecule has 1 aliphatic carbocycles. The summed E-state index contributed by atoms with van der Waals surface area (Å²) in [6.45, 7) is 2.89. The van der Waals surface area contributed by atoms with E-state index in [1.54, 1.807) is 0 Å². The third-order valence-electron chi connectivity index (χ3n) is 3.74. The van der Waals surface area contributed by atoms with E-state index in [-0.39, 0.29) is 0 Å². The molecule has 16 heavy (non-hydrogen) atoms. The number of hydrogen-bond donors (Lipinski definition) is 1. The van der Waals surface area contributed by atoms with E-state index in [0.29, 0.717) is 32.6 Å². The molecule has 1 saturated carbocycles. The van der Waals surface area contributed by atoms with Gasteiger partial charge in [0.25, 0.3) is 0 Å². The number of carboxylic acid groups (broad SMARTS) is 1. The van der Waals surface area contributed by atoms with Crippen LogP contribution in [0.4, 0.5) is 0 Å². The molecule has 0 unspecified atom stereocenters. The van der Waals surface area contributed by atoms with Crippen LogP contribution in [0.1, 0.15) is 25.7 Å². The minimum absolute atomic E-state index is 0.568. The van der Waals surface area contributed by atoms with Crippen molar-refractivity contribution in [3.63, 3.8) is 0 Å². The molecule has 0 spiro atoms. The van der Waals surface area contributed by atoms with E-state index >= 15 is 0 Å². The molecule has 0 bridgehead atoms. The Kier molecular flexibility index (Phi) is 3.50. The smallest absolute Gasteiger partial charge is 0.311 e. The van der Waals surface area contributed by atoms with Crippen LogP contribution in [-0.4, -0.2) is 49.3 Å². The van der Waals surface area contributed by atoms with Gasteiger partial charge >= 0.3 is 5.97 Å². The van der Waals surface area contributed by atoms with Gasteiger partial charge in [-0.25, -0.2) is 0 Å². The monoisotopic (exact) mass is 227 g/mol. The molecule has 4 nitrogen and oxygen atoms in total. The van der Waals surface area contributed by atoms with Gasteiger partial charge in [0.1, 0.15) is 0 Å². The molecule has 2 fully saturated rings. The minimum Gasteiger partial charge on any atom is -0.481 e. The lowest BCUT2D eigenvalue weighted by atomic mass is 9.80. The predicted molar refractivity (Wildman–Crippen MR) is 60.3 cm³/mol. The molecule has 0 amide bonds. The van der Waals surface area contributed by atoms with Crippen LogP contribution in [0.2, 0.25) is 0 Å². The molecule has 4 heteroatoms. The van der Waals surface area contributed by atoms with E-state index < -0.39 is 11.4 Å². The van der Waals surface area contributed by atoms with Crippen LogP contribution in [0.15, 0.2) is 0 Å². The second kappa shape index (κ2) is 4.72. The van der Waals surface area contributed by atoms with Crippen LogP contribution in [0.25, 0.3) is 0 Å². The van der Waals surface area contributed by atoms with Crippen LogP contribution >= 0.6 is 0 Å². The normalized spacial score (nSPS) is 24.6. The highest BCUT2D eigenvalue weighted by molar-refractivity contribution is 5.75. The summed E-state index contributed by atoms with van der Waals surface area (Å²) >= 11 is 0. The number of aliphatic carboxylic acids is 1. The topological polar surface area (TPSA) is 49.8 Å². The fourth-order valence-electron chi connectivity index (χ4n) is 2.52. The summed E-state index contributed by atoms with van der Waals surface area (Å²) in [5.74, 6) is 0.161. The molecule has 0 aromatic heterocycles. The van der Waals surface area contributed by atoms with Gasteiger partial charge in [-0.1, -0.05) is 0 Å². The Balaban J connectivity index is 1.92. The number of carbonyl (C=O) groups is 1. The van der Waals surface area contributed by atoms with Crippen molar-refractivity contribution in [1.29, 1.82) is 0 Å². The summed E-state index contributed by atoms with van der Waals surface area (Å²) in [6, 6.07) is 0. The maximum absolute atomic E-state index is 11.4. The van der Waals surface area contributed by atoms with E-state index in [0.717, 1.165) is 12.5 Å². The maximum atomic E-state index is 11.4. The molecule has 1 heterocycles. The maximum Gasteiger partial charge on any atom is 0.311 e. The van der Waals surface area contributed by atoms with Gasteiger partial charge in [0.15, 0.2) is 0 Å². The number of nitrogens with zero attached hydrogens (tertiary/aromatic N) is 1. The molecule has 1 N–H and O–H groups in total. The summed E-state index contributed by atoms with van der Waals surface area (Å²) in [5.41, 5.74) is -0.568. The van der Waals surface area contributed by atoms with Crippen LogP contribution in [-0.2, 0) is 9.53 Å². The third kappa shape index (κ3) is 2.74. The van der Waals surface area contributed by atoms with Gasteiger partial charge in [0, 0.05) is 26.3 Å². The molecule has 0 aromatic rings. The molecule has 0 radical (unpaired) electrons. The first kappa shape index (κ1) is 11.9. The first-order valence-electron chi connectivity index (χ1n) is 6.12. The lowest BCUT2D eigenvalue weighted by molar-refractivity contribution is -0.156. The molecule has 0 aromatic carbocycles. The second-order valence-electron chi connectivity index (χ2n) is 5.34. The van der Waals surface area contributed by atoms with Crippen molar-refractivity contribution in [2.45, 2.75) is 25.7 Å². The van der Waals surface area contributed by atoms with Gasteiger partial charge in [-0.3, -0.25) is 4.79 Å². The van der Waals surface area contributed by atoms with Crippen LogP contribution in [0.5, 0.6) is 0 Å². The van der Waals surface area contributed by atoms with Gasteiger partial charge < -0.3 is 14.7 Å². The van der Waals surface area contributed by atoms with Gasteiger partial charge in [-0.15, -0.1) is 0 Å². The highest BCUT2D eigenvalue weighted by Gasteiger charge is 2.41. The third-order valence-corrected chi connectivity index (χ3v) is 3.74. The zero-order valence-corrected chi connectivity index (χ0v) is 9.95. The molecule has 1 aliphatic heterocycles. The fraction of sp³-hybridized carbons (Fsp3) is 0.917. The highest BCUT2D eigenvalue weighted by Crippen LogP contribution is 2.34. The van der Waals surface area contributed by atoms with Gasteiger partial charge in [0.2, 0.25) is 0 Å². The predicted octanol–water partition coefficient (Wildman–Crippen LogP) is 1.21. The van der Waals surface area contributed by atoms with Crippen LogP contribution in [0, 0.1) is 11.3 Å². The van der Waals surface area contributed by atoms with Crippen molar-refractivity contribution in [2.75, 3.05) is 33.4 Å². The second-order valence-corrected chi connectivity index (χ2v) is 5.34. The van der Waals surface area contributed by atoms with Crippen LogP contribution < -0.4 is 0 Å². The molecule has 2 rings (SSSR count). The SMILES string of the molecule is CN(CC1CC1)CC1(C(=O)O)CCOCC1. The van der Waals surface area contributed by atoms with Gasteiger partial charge in [-0.05, 0) is 38.6 Å². The highest BCUT2D eigenvalue weighted by atomic mass is 16.5. The van der Waals surface area contributed by atoms with E-state index in [4.69, 9.17) is 4.74 Å². The average Bonchev–Trinajstić information content (AvgIpc) is 3.02. The van der Waals surface area contributed by atoms with Gasteiger partial charge in [0.05, 0.1) is 5.41 Å². The zero-order chi connectivity index (χ0) is 11.6. The number of ether oxygens (including phenoxy) is 1. The van der Waals surface area contributed by atoms with Crippen molar-refractivity contribution >= 4 is 5.97 Å². The molecule has 92 valence electrons. The lowest BCUT2D eigenvalue weighted by Crippen LogP contribution is -2.46. The summed E-state index contributed by atoms with van der Waals surface area (Å²) < 4.78 is 5.27. The molecular weight excluding hydrogens is 206 g/mol. The molecule has 1 saturated heterocycles. The minimum atomic E-state index is -0.654.